The van der Waals surface area contributed by atoms with Crippen molar-refractivity contribution in [2.24, 2.45) is 0 Å². The highest BCUT2D eigenvalue weighted by atomic mass is 19.4. The van der Waals surface area contributed by atoms with Gasteiger partial charge in [-0.1, -0.05) is 18.2 Å². The van der Waals surface area contributed by atoms with E-state index in [0.717, 1.165) is 12.1 Å². The van der Waals surface area contributed by atoms with E-state index in [-0.39, 0.29) is 18.4 Å². The van der Waals surface area contributed by atoms with Crippen LogP contribution < -0.4 is 5.32 Å². The second-order valence-corrected chi connectivity index (χ2v) is 5.10. The molecule has 1 N–H and O–H groups in total. The Balaban J connectivity index is 1.91. The Kier molecular flexibility index (Phi) is 4.85. The van der Waals surface area contributed by atoms with E-state index in [0.29, 0.717) is 12.1 Å². The van der Waals surface area contributed by atoms with E-state index < -0.39 is 11.7 Å². The molecule has 1 heterocycles. The number of carbonyl (C=O) groups is 1. The molecule has 0 saturated carbocycles. The molecule has 1 aromatic carbocycles. The van der Waals surface area contributed by atoms with E-state index in [1.165, 1.54) is 12.1 Å². The number of hydrogen-bond donors (Lipinski definition) is 1. The van der Waals surface area contributed by atoms with Gasteiger partial charge >= 0.3 is 6.18 Å². The predicted octanol–water partition coefficient (Wildman–Crippen LogP) is 2.65. The van der Waals surface area contributed by atoms with Gasteiger partial charge in [0.15, 0.2) is 0 Å². The Bertz CT molecular complexity index is 623. The van der Waals surface area contributed by atoms with Gasteiger partial charge in [-0.15, -0.1) is 0 Å². The van der Waals surface area contributed by atoms with Crippen molar-refractivity contribution in [3.8, 4) is 0 Å². The first-order chi connectivity index (χ1) is 10.3. The van der Waals surface area contributed by atoms with E-state index in [4.69, 9.17) is 0 Å². The van der Waals surface area contributed by atoms with Gasteiger partial charge in [-0.05, 0) is 18.6 Å². The summed E-state index contributed by atoms with van der Waals surface area (Å²) in [6.07, 6.45) is 0.557. The molecule has 0 aliphatic heterocycles. The van der Waals surface area contributed by atoms with Crippen LogP contribution in [0.3, 0.4) is 0 Å². The van der Waals surface area contributed by atoms with Crippen molar-refractivity contribution < 1.29 is 18.0 Å². The molecule has 0 unspecified atom stereocenters. The molecule has 4 nitrogen and oxygen atoms in total. The summed E-state index contributed by atoms with van der Waals surface area (Å²) in [6.45, 7) is 2.37. The summed E-state index contributed by atoms with van der Waals surface area (Å²) >= 11 is 0. The lowest BCUT2D eigenvalue weighted by Crippen LogP contribution is -2.36. The molecule has 22 heavy (non-hydrogen) atoms. The Morgan fingerprint density at radius 2 is 2.18 bits per heavy atom. The van der Waals surface area contributed by atoms with Crippen LogP contribution in [0.1, 0.15) is 18.1 Å². The number of imidazole rings is 1. The van der Waals surface area contributed by atoms with Gasteiger partial charge in [-0.25, -0.2) is 4.98 Å². The average molecular weight is 311 g/mol. The first-order valence-electron chi connectivity index (χ1n) is 6.76. The summed E-state index contributed by atoms with van der Waals surface area (Å²) in [5, 5.41) is 2.76. The van der Waals surface area contributed by atoms with Crippen molar-refractivity contribution in [2.75, 3.05) is 0 Å². The maximum absolute atomic E-state index is 12.6. The third-order valence-corrected chi connectivity index (χ3v) is 3.07. The number of carbonyl (C=O) groups excluding carboxylic acids is 1. The summed E-state index contributed by atoms with van der Waals surface area (Å²) in [4.78, 5) is 15.8. The van der Waals surface area contributed by atoms with Crippen molar-refractivity contribution in [1.29, 1.82) is 0 Å². The van der Waals surface area contributed by atoms with Gasteiger partial charge in [0.05, 0.1) is 18.3 Å². The van der Waals surface area contributed by atoms with Crippen LogP contribution in [0.5, 0.6) is 0 Å². The topological polar surface area (TPSA) is 46.9 Å². The number of rotatable bonds is 5. The maximum atomic E-state index is 12.6. The third kappa shape index (κ3) is 4.61. The van der Waals surface area contributed by atoms with E-state index >= 15 is 0 Å². The molecule has 0 aliphatic rings. The normalized spacial score (nSPS) is 12.9. The minimum Gasteiger partial charge on any atom is -0.352 e. The van der Waals surface area contributed by atoms with Crippen molar-refractivity contribution in [2.45, 2.75) is 32.1 Å². The SMILES string of the molecule is C[C@H](Cn1ccnc1)NC(=O)Cc1cccc(C(F)(F)F)c1. The van der Waals surface area contributed by atoms with Crippen LogP contribution in [0, 0.1) is 0 Å². The Morgan fingerprint density at radius 3 is 2.82 bits per heavy atom. The smallest absolute Gasteiger partial charge is 0.352 e. The van der Waals surface area contributed by atoms with Crippen LogP contribution in [-0.2, 0) is 23.9 Å². The number of alkyl halides is 3. The van der Waals surface area contributed by atoms with Crippen LogP contribution in [0.15, 0.2) is 43.0 Å². The van der Waals surface area contributed by atoms with Crippen molar-refractivity contribution in [3.05, 3.63) is 54.1 Å². The molecular weight excluding hydrogens is 295 g/mol. The fourth-order valence-corrected chi connectivity index (χ4v) is 2.13. The van der Waals surface area contributed by atoms with E-state index in [2.05, 4.69) is 10.3 Å². The Hall–Kier alpha value is -2.31. The van der Waals surface area contributed by atoms with Crippen LogP contribution in [-0.4, -0.2) is 21.5 Å². The molecule has 2 rings (SSSR count). The van der Waals surface area contributed by atoms with E-state index in [1.807, 2.05) is 11.5 Å². The molecule has 1 amide bonds. The number of amides is 1. The molecular formula is C15H16F3N3O. The maximum Gasteiger partial charge on any atom is 0.416 e. The Morgan fingerprint density at radius 1 is 1.41 bits per heavy atom. The number of halogens is 3. The molecule has 0 fully saturated rings. The largest absolute Gasteiger partial charge is 0.416 e. The van der Waals surface area contributed by atoms with Gasteiger partial charge in [0.25, 0.3) is 0 Å². The molecule has 2 aromatic rings. The van der Waals surface area contributed by atoms with Crippen LogP contribution in [0.2, 0.25) is 0 Å². The zero-order chi connectivity index (χ0) is 16.2. The molecule has 0 aliphatic carbocycles. The first-order valence-corrected chi connectivity index (χ1v) is 6.76. The monoisotopic (exact) mass is 311 g/mol. The molecule has 1 atom stereocenters. The minimum atomic E-state index is -4.40. The molecule has 1 aromatic heterocycles. The van der Waals surface area contributed by atoms with E-state index in [1.54, 1.807) is 18.7 Å². The van der Waals surface area contributed by atoms with Gasteiger partial charge < -0.3 is 9.88 Å². The second kappa shape index (κ2) is 6.64. The average Bonchev–Trinajstić information content (AvgIpc) is 2.90. The molecule has 0 spiro atoms. The minimum absolute atomic E-state index is 0.0851. The standard InChI is InChI=1S/C15H16F3N3O/c1-11(9-21-6-5-19-10-21)20-14(22)8-12-3-2-4-13(7-12)15(16,17)18/h2-7,10-11H,8-9H2,1H3,(H,20,22)/t11-/m1/s1. The first kappa shape index (κ1) is 16.1. The van der Waals surface area contributed by atoms with Gasteiger partial charge in [0.1, 0.15) is 0 Å². The van der Waals surface area contributed by atoms with Crippen molar-refractivity contribution >= 4 is 5.91 Å². The lowest BCUT2D eigenvalue weighted by Gasteiger charge is -2.15. The zero-order valence-corrected chi connectivity index (χ0v) is 12.0. The van der Waals surface area contributed by atoms with E-state index in [9.17, 15) is 18.0 Å². The summed E-state index contributed by atoms with van der Waals surface area (Å²) in [5.74, 6) is -0.313. The summed E-state index contributed by atoms with van der Waals surface area (Å²) in [5.41, 5.74) is -0.411. The van der Waals surface area contributed by atoms with Crippen molar-refractivity contribution in [1.82, 2.24) is 14.9 Å². The molecule has 0 saturated heterocycles. The number of aromatic nitrogens is 2. The molecule has 118 valence electrons. The van der Waals surface area contributed by atoms with Crippen LogP contribution >= 0.6 is 0 Å². The van der Waals surface area contributed by atoms with Crippen molar-refractivity contribution in [3.63, 3.8) is 0 Å². The van der Waals surface area contributed by atoms with Gasteiger partial charge in [0.2, 0.25) is 5.91 Å². The third-order valence-electron chi connectivity index (χ3n) is 3.07. The van der Waals surface area contributed by atoms with Gasteiger partial charge in [0, 0.05) is 25.0 Å². The van der Waals surface area contributed by atoms with Crippen LogP contribution in [0.25, 0.3) is 0 Å². The van der Waals surface area contributed by atoms with Gasteiger partial charge in [-0.3, -0.25) is 4.79 Å². The second-order valence-electron chi connectivity index (χ2n) is 5.10. The van der Waals surface area contributed by atoms with Crippen LogP contribution in [0.4, 0.5) is 13.2 Å². The fourth-order valence-electron chi connectivity index (χ4n) is 2.13. The summed E-state index contributed by atoms with van der Waals surface area (Å²) in [7, 11) is 0. The lowest BCUT2D eigenvalue weighted by atomic mass is 10.1. The Labute approximate surface area is 126 Å². The highest BCUT2D eigenvalue weighted by Gasteiger charge is 2.30. The highest BCUT2D eigenvalue weighted by molar-refractivity contribution is 5.78. The molecule has 0 bridgehead atoms. The number of hydrogen-bond acceptors (Lipinski definition) is 2. The van der Waals surface area contributed by atoms with Gasteiger partial charge in [-0.2, -0.15) is 13.2 Å². The number of nitrogens with zero attached hydrogens (tertiary/aromatic N) is 2. The predicted molar refractivity (Wildman–Crippen MR) is 75.0 cm³/mol. The highest BCUT2D eigenvalue weighted by Crippen LogP contribution is 2.29. The zero-order valence-electron chi connectivity index (χ0n) is 12.0. The molecule has 0 radical (unpaired) electrons. The number of nitrogens with one attached hydrogen (secondary N) is 1. The summed E-state index contributed by atoms with van der Waals surface area (Å²) < 4.78 is 39.7. The fraction of sp³-hybridized carbons (Fsp3) is 0.333. The number of benzene rings is 1. The lowest BCUT2D eigenvalue weighted by molar-refractivity contribution is -0.137. The summed E-state index contributed by atoms with van der Waals surface area (Å²) in [6, 6.07) is 4.66. The molecule has 7 heteroatoms. The quantitative estimate of drug-likeness (QED) is 0.923.